The van der Waals surface area contributed by atoms with Crippen LogP contribution in [-0.2, 0) is 4.79 Å². The van der Waals surface area contributed by atoms with Gasteiger partial charge in [-0.1, -0.05) is 27.7 Å². The van der Waals surface area contributed by atoms with Gasteiger partial charge in [0.1, 0.15) is 5.54 Å². The maximum absolute atomic E-state index is 11.4. The summed E-state index contributed by atoms with van der Waals surface area (Å²) in [4.78, 5) is 13.6. The Kier molecular flexibility index (Phi) is 6.30. The first-order valence-electron chi connectivity index (χ1n) is 6.73. The third-order valence-electron chi connectivity index (χ3n) is 3.72. The summed E-state index contributed by atoms with van der Waals surface area (Å²) in [5.41, 5.74) is -0.747. The molecule has 0 aromatic rings. The number of aliphatic carboxylic acids is 1. The van der Waals surface area contributed by atoms with Gasteiger partial charge in [0.15, 0.2) is 0 Å². The zero-order valence-corrected chi connectivity index (χ0v) is 13.0. The molecule has 0 spiro atoms. The van der Waals surface area contributed by atoms with Crippen LogP contribution in [0.15, 0.2) is 0 Å². The van der Waals surface area contributed by atoms with Crippen LogP contribution in [0.1, 0.15) is 48.0 Å². The van der Waals surface area contributed by atoms with Gasteiger partial charge in [-0.15, -0.1) is 0 Å². The van der Waals surface area contributed by atoms with Crippen LogP contribution >= 0.6 is 0 Å². The van der Waals surface area contributed by atoms with E-state index in [0.717, 1.165) is 13.0 Å². The normalized spacial score (nSPS) is 17.6. The lowest BCUT2D eigenvalue weighted by Crippen LogP contribution is -2.58. The Morgan fingerprint density at radius 2 is 1.83 bits per heavy atom. The maximum Gasteiger partial charge on any atom is 0.324 e. The van der Waals surface area contributed by atoms with E-state index < -0.39 is 11.5 Å². The van der Waals surface area contributed by atoms with Crippen molar-refractivity contribution < 1.29 is 9.90 Å². The van der Waals surface area contributed by atoms with Gasteiger partial charge in [0, 0.05) is 12.6 Å². The zero-order chi connectivity index (χ0) is 14.6. The molecule has 0 aliphatic rings. The Morgan fingerprint density at radius 1 is 1.33 bits per heavy atom. The fraction of sp³-hybridized carbons (Fsp3) is 0.929. The number of carbonyl (C=O) groups is 1. The Hall–Kier alpha value is -0.610. The van der Waals surface area contributed by atoms with Gasteiger partial charge in [-0.2, -0.15) is 0 Å². The number of hydrogen-bond acceptors (Lipinski definition) is 3. The monoisotopic (exact) mass is 258 g/mol. The number of likely N-dealkylation sites (N-methyl/N-ethyl adjacent to an activating group) is 1. The molecule has 0 aliphatic heterocycles. The second kappa shape index (κ2) is 6.53. The van der Waals surface area contributed by atoms with Gasteiger partial charge in [0.25, 0.3) is 0 Å². The molecule has 0 aromatic carbocycles. The summed E-state index contributed by atoms with van der Waals surface area (Å²) >= 11 is 0. The van der Waals surface area contributed by atoms with Crippen molar-refractivity contribution in [3.05, 3.63) is 0 Å². The SMILES string of the molecule is CCCNC(C)(CN(C)C(C)C(C)(C)C)C(=O)O. The standard InChI is InChI=1S/C14H30N2O2/c1-8-9-15-14(6,12(17)18)10-16(7)11(2)13(3,4)5/h11,15H,8-10H2,1-7H3,(H,17,18). The topological polar surface area (TPSA) is 52.6 Å². The molecule has 4 heteroatoms. The molecule has 0 rings (SSSR count). The van der Waals surface area contributed by atoms with Crippen LogP contribution in [0, 0.1) is 5.41 Å². The molecule has 2 atom stereocenters. The Balaban J connectivity index is 4.74. The molecule has 2 unspecified atom stereocenters. The number of carboxylic acid groups (broad SMARTS) is 1. The van der Waals surface area contributed by atoms with Gasteiger partial charge in [0.2, 0.25) is 0 Å². The lowest BCUT2D eigenvalue weighted by Gasteiger charge is -2.39. The van der Waals surface area contributed by atoms with Crippen LogP contribution in [0.4, 0.5) is 0 Å². The minimum Gasteiger partial charge on any atom is -0.480 e. The van der Waals surface area contributed by atoms with E-state index >= 15 is 0 Å². The predicted octanol–water partition coefficient (Wildman–Crippen LogP) is 2.20. The quantitative estimate of drug-likeness (QED) is 0.735. The van der Waals surface area contributed by atoms with E-state index in [-0.39, 0.29) is 5.41 Å². The highest BCUT2D eigenvalue weighted by Gasteiger charge is 2.36. The first-order chi connectivity index (χ1) is 8.04. The second-order valence-corrected chi connectivity index (χ2v) is 6.52. The second-order valence-electron chi connectivity index (χ2n) is 6.52. The largest absolute Gasteiger partial charge is 0.480 e. The number of carboxylic acids is 1. The summed E-state index contributed by atoms with van der Waals surface area (Å²) in [6.45, 7) is 13.7. The smallest absolute Gasteiger partial charge is 0.324 e. The van der Waals surface area contributed by atoms with Crippen molar-refractivity contribution >= 4 is 5.97 Å². The molecule has 0 bridgehead atoms. The summed E-state index contributed by atoms with van der Waals surface area (Å²) < 4.78 is 0. The highest BCUT2D eigenvalue weighted by atomic mass is 16.4. The van der Waals surface area contributed by atoms with E-state index in [4.69, 9.17) is 0 Å². The fourth-order valence-electron chi connectivity index (χ4n) is 1.90. The average Bonchev–Trinajstić information content (AvgIpc) is 2.23. The Labute approximate surface area is 112 Å². The molecule has 4 nitrogen and oxygen atoms in total. The van der Waals surface area contributed by atoms with Crippen molar-refractivity contribution in [1.29, 1.82) is 0 Å². The summed E-state index contributed by atoms with van der Waals surface area (Å²) in [7, 11) is 1.99. The minimum absolute atomic E-state index is 0.138. The summed E-state index contributed by atoms with van der Waals surface area (Å²) in [6.07, 6.45) is 0.932. The van der Waals surface area contributed by atoms with Crippen molar-refractivity contribution in [2.75, 3.05) is 20.1 Å². The Bertz CT molecular complexity index is 273. The highest BCUT2D eigenvalue weighted by Crippen LogP contribution is 2.24. The average molecular weight is 258 g/mol. The van der Waals surface area contributed by atoms with E-state index in [9.17, 15) is 9.90 Å². The van der Waals surface area contributed by atoms with Crippen molar-refractivity contribution in [3.63, 3.8) is 0 Å². The van der Waals surface area contributed by atoms with E-state index in [1.807, 2.05) is 14.0 Å². The lowest BCUT2D eigenvalue weighted by atomic mass is 9.86. The molecule has 0 radical (unpaired) electrons. The van der Waals surface area contributed by atoms with Crippen molar-refractivity contribution in [3.8, 4) is 0 Å². The molecule has 0 saturated heterocycles. The van der Waals surface area contributed by atoms with Gasteiger partial charge in [-0.3, -0.25) is 4.79 Å². The molecule has 108 valence electrons. The van der Waals surface area contributed by atoms with E-state index in [1.54, 1.807) is 6.92 Å². The molecule has 0 aliphatic carbocycles. The Morgan fingerprint density at radius 3 is 2.17 bits per heavy atom. The molecule has 0 saturated carbocycles. The molecule has 2 N–H and O–H groups in total. The van der Waals surface area contributed by atoms with Crippen LogP contribution in [0.2, 0.25) is 0 Å². The van der Waals surface area contributed by atoms with Crippen molar-refractivity contribution in [1.82, 2.24) is 10.2 Å². The number of hydrogen-bond donors (Lipinski definition) is 2. The summed E-state index contributed by atoms with van der Waals surface area (Å²) in [5, 5.41) is 12.5. The first kappa shape index (κ1) is 17.4. The van der Waals surface area contributed by atoms with Gasteiger partial charge in [-0.25, -0.2) is 0 Å². The molecule has 18 heavy (non-hydrogen) atoms. The van der Waals surface area contributed by atoms with Crippen molar-refractivity contribution in [2.24, 2.45) is 5.41 Å². The van der Waals surface area contributed by atoms with E-state index in [0.29, 0.717) is 12.6 Å². The molecule has 0 amide bonds. The van der Waals surface area contributed by atoms with Crippen LogP contribution in [0.25, 0.3) is 0 Å². The van der Waals surface area contributed by atoms with Crippen LogP contribution in [0.3, 0.4) is 0 Å². The highest BCUT2D eigenvalue weighted by molar-refractivity contribution is 5.78. The first-order valence-corrected chi connectivity index (χ1v) is 6.73. The summed E-state index contributed by atoms with van der Waals surface area (Å²) in [6, 6.07) is 0.319. The predicted molar refractivity (Wildman–Crippen MR) is 75.9 cm³/mol. The van der Waals surface area contributed by atoms with Gasteiger partial charge in [0.05, 0.1) is 0 Å². The summed E-state index contributed by atoms with van der Waals surface area (Å²) in [5.74, 6) is -0.788. The minimum atomic E-state index is -0.885. The van der Waals surface area contributed by atoms with Crippen LogP contribution < -0.4 is 5.32 Å². The van der Waals surface area contributed by atoms with Gasteiger partial charge >= 0.3 is 5.97 Å². The van der Waals surface area contributed by atoms with Gasteiger partial charge in [-0.05, 0) is 39.3 Å². The van der Waals surface area contributed by atoms with Gasteiger partial charge < -0.3 is 15.3 Å². The zero-order valence-electron chi connectivity index (χ0n) is 13.0. The third-order valence-corrected chi connectivity index (χ3v) is 3.72. The molecular formula is C14H30N2O2. The fourth-order valence-corrected chi connectivity index (χ4v) is 1.90. The molecule has 0 heterocycles. The third kappa shape index (κ3) is 4.94. The van der Waals surface area contributed by atoms with Crippen molar-refractivity contribution in [2.45, 2.75) is 59.5 Å². The van der Waals surface area contributed by atoms with E-state index in [1.165, 1.54) is 0 Å². The maximum atomic E-state index is 11.4. The van der Waals surface area contributed by atoms with Crippen LogP contribution in [-0.4, -0.2) is 47.7 Å². The lowest BCUT2D eigenvalue weighted by molar-refractivity contribution is -0.145. The molecule has 0 fully saturated rings. The number of nitrogens with zero attached hydrogens (tertiary/aromatic N) is 1. The molecular weight excluding hydrogens is 228 g/mol. The van der Waals surface area contributed by atoms with E-state index in [2.05, 4.69) is 37.9 Å². The molecule has 0 aromatic heterocycles. The van der Waals surface area contributed by atoms with Crippen LogP contribution in [0.5, 0.6) is 0 Å². The number of rotatable bonds is 7. The number of nitrogens with one attached hydrogen (secondary N) is 1.